The number of ether oxygens (including phenoxy) is 1. The summed E-state index contributed by atoms with van der Waals surface area (Å²) in [5.74, 6) is 1.22. The zero-order valence-electron chi connectivity index (χ0n) is 25.8. The molecule has 3 heterocycles. The summed E-state index contributed by atoms with van der Waals surface area (Å²) in [6.07, 6.45) is 7.00. The highest BCUT2D eigenvalue weighted by Gasteiger charge is 2.30. The van der Waals surface area contributed by atoms with Gasteiger partial charge in [-0.2, -0.15) is 10.1 Å². The lowest BCUT2D eigenvalue weighted by Gasteiger charge is -2.32. The number of nitrogens with zero attached hydrogens (tertiary/aromatic N) is 4. The van der Waals surface area contributed by atoms with Crippen LogP contribution in [0.1, 0.15) is 81.7 Å². The van der Waals surface area contributed by atoms with E-state index in [1.54, 1.807) is 0 Å². The lowest BCUT2D eigenvalue weighted by molar-refractivity contribution is 0.163. The Bertz CT molecular complexity index is 1550. The van der Waals surface area contributed by atoms with Gasteiger partial charge in [0.15, 0.2) is 11.0 Å². The van der Waals surface area contributed by atoms with Crippen molar-refractivity contribution in [3.05, 3.63) is 83.2 Å². The topological polar surface area (TPSA) is 81.9 Å². The first-order valence-corrected chi connectivity index (χ1v) is 16.0. The molecule has 0 radical (unpaired) electrons. The molecule has 1 aliphatic rings. The van der Waals surface area contributed by atoms with E-state index in [-0.39, 0.29) is 29.2 Å². The van der Waals surface area contributed by atoms with Crippen LogP contribution in [0.5, 0.6) is 5.88 Å². The van der Waals surface area contributed by atoms with Gasteiger partial charge in [0, 0.05) is 29.8 Å². The largest absolute Gasteiger partial charge is 0.477 e. The number of rotatable bonds is 4. The van der Waals surface area contributed by atoms with Crippen LogP contribution < -0.4 is 9.46 Å². The fourth-order valence-corrected chi connectivity index (χ4v) is 6.80. The van der Waals surface area contributed by atoms with E-state index >= 15 is 0 Å². The molecule has 3 atom stereocenters. The summed E-state index contributed by atoms with van der Waals surface area (Å²) in [6.45, 7) is 15.8. The van der Waals surface area contributed by atoms with Crippen molar-refractivity contribution in [1.29, 1.82) is 0 Å². The van der Waals surface area contributed by atoms with Crippen molar-refractivity contribution < 1.29 is 8.95 Å². The molecule has 0 saturated heterocycles. The second kappa shape index (κ2) is 12.4. The maximum absolute atomic E-state index is 13.5. The first-order chi connectivity index (χ1) is 20.0. The van der Waals surface area contributed by atoms with Gasteiger partial charge in [0.25, 0.3) is 0 Å². The van der Waals surface area contributed by atoms with E-state index < -0.39 is 11.0 Å². The number of fused-ring (bicyclic) bond motifs is 4. The molecule has 1 aliphatic heterocycles. The molecule has 5 rings (SSSR count). The quantitative estimate of drug-likeness (QED) is 0.264. The van der Waals surface area contributed by atoms with E-state index in [1.165, 1.54) is 5.56 Å². The fraction of sp³-hybridized carbons (Fsp3) is 0.441. The normalized spacial score (nSPS) is 19.6. The molecule has 0 aliphatic carbocycles. The van der Waals surface area contributed by atoms with Crippen LogP contribution in [-0.4, -0.2) is 30.6 Å². The predicted octanol–water partition coefficient (Wildman–Crippen LogP) is 7.83. The van der Waals surface area contributed by atoms with Gasteiger partial charge in [-0.25, -0.2) is 9.19 Å². The van der Waals surface area contributed by atoms with Crippen LogP contribution in [0.25, 0.3) is 11.3 Å². The summed E-state index contributed by atoms with van der Waals surface area (Å²) in [4.78, 5) is 10.2. The second-order valence-electron chi connectivity index (χ2n) is 13.0. The van der Waals surface area contributed by atoms with Crippen molar-refractivity contribution in [1.82, 2.24) is 19.7 Å². The van der Waals surface area contributed by atoms with Gasteiger partial charge in [-0.15, -0.1) is 0 Å². The number of nitrogens with one attached hydrogen (secondary N) is 1. The minimum Gasteiger partial charge on any atom is -0.477 e. The molecule has 8 heteroatoms. The summed E-state index contributed by atoms with van der Waals surface area (Å²) < 4.78 is 25.1. The fourth-order valence-electron chi connectivity index (χ4n) is 5.97. The minimum atomic E-state index is -1.53. The molecule has 0 saturated carbocycles. The molecule has 4 aromatic rings. The third-order valence-electron chi connectivity index (χ3n) is 7.95. The average Bonchev–Trinajstić information content (AvgIpc) is 3.41. The maximum atomic E-state index is 13.5. The smallest absolute Gasteiger partial charge is 0.238 e. The van der Waals surface area contributed by atoms with Gasteiger partial charge in [0.05, 0.1) is 23.4 Å². The third kappa shape index (κ3) is 7.09. The number of hydrogen-bond donors (Lipinski definition) is 1. The van der Waals surface area contributed by atoms with E-state index in [9.17, 15) is 4.21 Å². The van der Waals surface area contributed by atoms with Gasteiger partial charge in [-0.1, -0.05) is 51.1 Å². The first kappa shape index (κ1) is 30.0. The van der Waals surface area contributed by atoms with Crippen LogP contribution in [0, 0.1) is 25.2 Å². The Morgan fingerprint density at radius 3 is 2.50 bits per heavy atom. The maximum Gasteiger partial charge on any atom is 0.238 e. The summed E-state index contributed by atoms with van der Waals surface area (Å²) in [6, 6.07) is 16.4. The molecule has 2 unspecified atom stereocenters. The van der Waals surface area contributed by atoms with Crippen LogP contribution in [0.4, 0.5) is 5.95 Å². The summed E-state index contributed by atoms with van der Waals surface area (Å²) in [5.41, 5.74) is 6.50. The SMILES string of the molecule is Cc1cccc(C)c1-c1cc2nc(n1)NS(=O)c1cccc(c1)CCC(c1cnn(C(C)C)c1)[C@H](CC(C)(C)C)CO2. The van der Waals surface area contributed by atoms with Gasteiger partial charge in [-0.05, 0) is 92.7 Å². The highest BCUT2D eigenvalue weighted by molar-refractivity contribution is 7.86. The van der Waals surface area contributed by atoms with Gasteiger partial charge in [0.2, 0.25) is 11.8 Å². The van der Waals surface area contributed by atoms with Gasteiger partial charge < -0.3 is 4.74 Å². The first-order valence-electron chi connectivity index (χ1n) is 14.9. The van der Waals surface area contributed by atoms with Crippen molar-refractivity contribution in [3.63, 3.8) is 0 Å². The zero-order valence-corrected chi connectivity index (χ0v) is 26.7. The van der Waals surface area contributed by atoms with Crippen LogP contribution in [0.15, 0.2) is 65.8 Å². The van der Waals surface area contributed by atoms with Crippen molar-refractivity contribution in [2.45, 2.75) is 84.6 Å². The Hall–Kier alpha value is -3.52. The number of aromatic nitrogens is 4. The molecule has 42 heavy (non-hydrogen) atoms. The number of anilines is 1. The van der Waals surface area contributed by atoms with Crippen LogP contribution in [0.3, 0.4) is 0 Å². The van der Waals surface area contributed by atoms with Crippen LogP contribution >= 0.6 is 0 Å². The average molecular weight is 586 g/mol. The number of benzene rings is 2. The predicted molar refractivity (Wildman–Crippen MR) is 170 cm³/mol. The molecule has 0 spiro atoms. The highest BCUT2D eigenvalue weighted by Crippen LogP contribution is 2.39. The Balaban J connectivity index is 1.62. The lowest BCUT2D eigenvalue weighted by atomic mass is 9.75. The van der Waals surface area contributed by atoms with E-state index in [4.69, 9.17) is 19.8 Å². The van der Waals surface area contributed by atoms with E-state index in [2.05, 4.69) is 77.6 Å². The van der Waals surface area contributed by atoms with E-state index in [1.807, 2.05) is 41.2 Å². The van der Waals surface area contributed by atoms with Crippen molar-refractivity contribution in [3.8, 4) is 17.1 Å². The zero-order chi connectivity index (χ0) is 30.0. The minimum absolute atomic E-state index is 0.102. The van der Waals surface area contributed by atoms with Gasteiger partial charge in [-0.3, -0.25) is 9.40 Å². The Morgan fingerprint density at radius 2 is 1.81 bits per heavy atom. The number of hydrogen-bond acceptors (Lipinski definition) is 5. The van der Waals surface area contributed by atoms with Crippen LogP contribution in [0.2, 0.25) is 0 Å². The molecular formula is C34H43N5O2S. The van der Waals surface area contributed by atoms with Gasteiger partial charge >= 0.3 is 0 Å². The molecular weight excluding hydrogens is 542 g/mol. The molecule has 1 N–H and O–H groups in total. The second-order valence-corrected chi connectivity index (χ2v) is 14.2. The Morgan fingerprint density at radius 1 is 1.07 bits per heavy atom. The monoisotopic (exact) mass is 585 g/mol. The number of aryl methyl sites for hydroxylation is 3. The molecule has 7 nitrogen and oxygen atoms in total. The van der Waals surface area contributed by atoms with E-state index in [0.29, 0.717) is 17.4 Å². The molecule has 0 amide bonds. The lowest BCUT2D eigenvalue weighted by Crippen LogP contribution is -2.26. The highest BCUT2D eigenvalue weighted by atomic mass is 32.2. The molecule has 4 bridgehead atoms. The molecule has 2 aromatic carbocycles. The Kier molecular flexibility index (Phi) is 8.83. The molecule has 0 fully saturated rings. The summed E-state index contributed by atoms with van der Waals surface area (Å²) in [7, 11) is -1.53. The summed E-state index contributed by atoms with van der Waals surface area (Å²) >= 11 is 0. The summed E-state index contributed by atoms with van der Waals surface area (Å²) in [5, 5.41) is 4.70. The van der Waals surface area contributed by atoms with Crippen molar-refractivity contribution >= 4 is 16.9 Å². The molecule has 2 aromatic heterocycles. The van der Waals surface area contributed by atoms with E-state index in [0.717, 1.165) is 47.2 Å². The van der Waals surface area contributed by atoms with Crippen LogP contribution in [-0.2, 0) is 17.4 Å². The standard InChI is InChI=1S/C34H43N5O2S/c1-22(2)39-20-27(19-35-39)29-15-14-25-12-9-13-28(16-25)42(40)38-33-36-30(32-23(3)10-8-11-24(32)4)17-31(37-33)41-21-26(29)18-34(5,6)7/h8-13,16-17,19-20,22,26,29H,14-15,18,21H2,1-7H3,(H,36,37,38)/t26-,29?,42?/m1/s1. The molecule has 222 valence electrons. The van der Waals surface area contributed by atoms with Crippen molar-refractivity contribution in [2.75, 3.05) is 11.3 Å². The Labute approximate surface area is 252 Å². The van der Waals surface area contributed by atoms with Crippen molar-refractivity contribution in [2.24, 2.45) is 11.3 Å². The third-order valence-corrected chi connectivity index (χ3v) is 9.00. The van der Waals surface area contributed by atoms with Gasteiger partial charge in [0.1, 0.15) is 0 Å².